The molecule has 0 aliphatic heterocycles. The molecule has 1 aliphatic carbocycles. The Bertz CT molecular complexity index is 761. The van der Waals surface area contributed by atoms with Gasteiger partial charge in [0.25, 0.3) is 5.91 Å². The van der Waals surface area contributed by atoms with Crippen molar-refractivity contribution in [2.24, 2.45) is 0 Å². The predicted molar refractivity (Wildman–Crippen MR) is 94.0 cm³/mol. The molecule has 3 rings (SSSR count). The van der Waals surface area contributed by atoms with Crippen LogP contribution in [-0.2, 0) is 11.2 Å². The van der Waals surface area contributed by atoms with Crippen LogP contribution >= 0.6 is 11.6 Å². The Kier molecular flexibility index (Phi) is 5.16. The summed E-state index contributed by atoms with van der Waals surface area (Å²) in [6.45, 7) is -0.0516. The molecule has 5 heteroatoms. The third-order valence-electron chi connectivity index (χ3n) is 4.20. The van der Waals surface area contributed by atoms with Gasteiger partial charge in [-0.2, -0.15) is 0 Å². The molecule has 0 bridgehead atoms. The van der Waals surface area contributed by atoms with Crippen molar-refractivity contribution in [1.29, 1.82) is 0 Å². The van der Waals surface area contributed by atoms with Crippen molar-refractivity contribution in [3.63, 3.8) is 0 Å². The Hall–Kier alpha value is -2.33. The van der Waals surface area contributed by atoms with Gasteiger partial charge in [0.15, 0.2) is 0 Å². The fraction of sp³-hybridized carbons (Fsp3) is 0.263. The monoisotopic (exact) mass is 342 g/mol. The van der Waals surface area contributed by atoms with E-state index in [0.717, 1.165) is 19.3 Å². The van der Waals surface area contributed by atoms with Crippen LogP contribution in [0.15, 0.2) is 48.5 Å². The lowest BCUT2D eigenvalue weighted by Gasteiger charge is -2.26. The van der Waals surface area contributed by atoms with Crippen LogP contribution < -0.4 is 10.6 Å². The maximum atomic E-state index is 12.2. The molecule has 0 fully saturated rings. The van der Waals surface area contributed by atoms with Gasteiger partial charge in [0.2, 0.25) is 5.91 Å². The summed E-state index contributed by atoms with van der Waals surface area (Å²) in [5, 5.41) is 6.14. The molecule has 2 aromatic rings. The molecule has 124 valence electrons. The van der Waals surface area contributed by atoms with E-state index in [2.05, 4.69) is 22.8 Å². The van der Waals surface area contributed by atoms with Gasteiger partial charge in [0, 0.05) is 10.6 Å². The lowest BCUT2D eigenvalue weighted by molar-refractivity contribution is -0.121. The number of hydrogen-bond acceptors (Lipinski definition) is 2. The topological polar surface area (TPSA) is 58.2 Å². The fourth-order valence-electron chi connectivity index (χ4n) is 3.04. The van der Waals surface area contributed by atoms with E-state index in [1.165, 1.54) is 11.1 Å². The van der Waals surface area contributed by atoms with Crippen molar-refractivity contribution in [2.75, 3.05) is 6.54 Å². The van der Waals surface area contributed by atoms with Crippen LogP contribution in [0, 0.1) is 0 Å². The molecule has 2 aromatic carbocycles. The fourth-order valence-corrected chi connectivity index (χ4v) is 3.23. The molecule has 1 aliphatic rings. The molecule has 1 unspecified atom stereocenters. The van der Waals surface area contributed by atoms with Crippen LogP contribution in [0.5, 0.6) is 0 Å². The number of fused-ring (bicyclic) bond motifs is 1. The minimum Gasteiger partial charge on any atom is -0.348 e. The summed E-state index contributed by atoms with van der Waals surface area (Å²) in [7, 11) is 0. The summed E-state index contributed by atoms with van der Waals surface area (Å²) in [5.41, 5.74) is 2.91. The van der Waals surface area contributed by atoms with E-state index in [1.54, 1.807) is 24.3 Å². The van der Waals surface area contributed by atoms with Gasteiger partial charge >= 0.3 is 0 Å². The second-order valence-electron chi connectivity index (χ2n) is 5.90. The van der Waals surface area contributed by atoms with Gasteiger partial charge in [0.05, 0.1) is 12.6 Å². The second kappa shape index (κ2) is 7.49. The normalized spacial score (nSPS) is 16.1. The Morgan fingerprint density at radius 3 is 2.79 bits per heavy atom. The number of rotatable bonds is 4. The van der Waals surface area contributed by atoms with E-state index < -0.39 is 0 Å². The molecule has 0 radical (unpaired) electrons. The first-order chi connectivity index (χ1) is 11.6. The highest BCUT2D eigenvalue weighted by atomic mass is 35.5. The van der Waals surface area contributed by atoms with E-state index in [-0.39, 0.29) is 24.4 Å². The zero-order valence-corrected chi connectivity index (χ0v) is 14.0. The number of nitrogens with one attached hydrogen (secondary N) is 2. The van der Waals surface area contributed by atoms with Crippen LogP contribution in [0.2, 0.25) is 5.02 Å². The highest BCUT2D eigenvalue weighted by molar-refractivity contribution is 6.30. The smallest absolute Gasteiger partial charge is 0.251 e. The Balaban J connectivity index is 1.56. The minimum atomic E-state index is -0.309. The Morgan fingerprint density at radius 1 is 1.12 bits per heavy atom. The lowest BCUT2D eigenvalue weighted by atomic mass is 9.88. The van der Waals surface area contributed by atoms with Crippen molar-refractivity contribution in [3.8, 4) is 0 Å². The van der Waals surface area contributed by atoms with Crippen molar-refractivity contribution in [1.82, 2.24) is 10.6 Å². The van der Waals surface area contributed by atoms with E-state index in [9.17, 15) is 9.59 Å². The molecule has 24 heavy (non-hydrogen) atoms. The van der Waals surface area contributed by atoms with Gasteiger partial charge in [-0.25, -0.2) is 0 Å². The summed E-state index contributed by atoms with van der Waals surface area (Å²) < 4.78 is 0. The molecule has 0 spiro atoms. The standard InChI is InChI=1S/C19H19ClN2O2/c20-15-8-3-7-14(11-15)19(24)21-12-18(23)22-17-10-4-6-13-5-1-2-9-16(13)17/h1-3,5,7-9,11,17H,4,6,10,12H2,(H,21,24)(H,22,23). The third-order valence-corrected chi connectivity index (χ3v) is 4.44. The number of hydrogen-bond donors (Lipinski definition) is 2. The van der Waals surface area contributed by atoms with Gasteiger partial charge in [-0.1, -0.05) is 41.9 Å². The first kappa shape index (κ1) is 16.5. The molecular weight excluding hydrogens is 324 g/mol. The van der Waals surface area contributed by atoms with Crippen LogP contribution in [-0.4, -0.2) is 18.4 Å². The quantitative estimate of drug-likeness (QED) is 0.896. The molecule has 2 amide bonds. The summed E-state index contributed by atoms with van der Waals surface area (Å²) >= 11 is 5.87. The molecule has 1 atom stereocenters. The summed E-state index contributed by atoms with van der Waals surface area (Å²) in [5.74, 6) is -0.497. The summed E-state index contributed by atoms with van der Waals surface area (Å²) in [6.07, 6.45) is 3.02. The van der Waals surface area contributed by atoms with Crippen molar-refractivity contribution < 1.29 is 9.59 Å². The van der Waals surface area contributed by atoms with E-state index in [0.29, 0.717) is 10.6 Å². The Labute approximate surface area is 146 Å². The number of carbonyl (C=O) groups is 2. The Morgan fingerprint density at radius 2 is 1.96 bits per heavy atom. The average molecular weight is 343 g/mol. The van der Waals surface area contributed by atoms with Crippen LogP contribution in [0.3, 0.4) is 0 Å². The van der Waals surface area contributed by atoms with Gasteiger partial charge in [0.1, 0.15) is 0 Å². The maximum absolute atomic E-state index is 12.2. The lowest BCUT2D eigenvalue weighted by Crippen LogP contribution is -2.39. The van der Waals surface area contributed by atoms with Gasteiger partial charge in [-0.15, -0.1) is 0 Å². The molecule has 0 heterocycles. The van der Waals surface area contributed by atoms with Gasteiger partial charge in [-0.3, -0.25) is 9.59 Å². The van der Waals surface area contributed by atoms with Gasteiger partial charge in [-0.05, 0) is 48.6 Å². The van der Waals surface area contributed by atoms with E-state index in [4.69, 9.17) is 11.6 Å². The minimum absolute atomic E-state index is 0.0190. The van der Waals surface area contributed by atoms with Gasteiger partial charge < -0.3 is 10.6 Å². The maximum Gasteiger partial charge on any atom is 0.251 e. The molecular formula is C19H19ClN2O2. The first-order valence-corrected chi connectivity index (χ1v) is 8.42. The summed E-state index contributed by atoms with van der Waals surface area (Å²) in [6, 6.07) is 14.8. The second-order valence-corrected chi connectivity index (χ2v) is 6.34. The number of halogens is 1. The van der Waals surface area contributed by atoms with Crippen LogP contribution in [0.25, 0.3) is 0 Å². The zero-order chi connectivity index (χ0) is 16.9. The molecule has 2 N–H and O–H groups in total. The molecule has 0 aromatic heterocycles. The van der Waals surface area contributed by atoms with Crippen molar-refractivity contribution in [3.05, 3.63) is 70.2 Å². The highest BCUT2D eigenvalue weighted by Crippen LogP contribution is 2.29. The third kappa shape index (κ3) is 3.95. The average Bonchev–Trinajstić information content (AvgIpc) is 2.60. The van der Waals surface area contributed by atoms with Crippen molar-refractivity contribution >= 4 is 23.4 Å². The molecule has 0 saturated carbocycles. The molecule has 4 nitrogen and oxygen atoms in total. The highest BCUT2D eigenvalue weighted by Gasteiger charge is 2.21. The zero-order valence-electron chi connectivity index (χ0n) is 13.2. The SMILES string of the molecule is O=C(CNC(=O)c1cccc(Cl)c1)NC1CCCc2ccccc21. The number of amides is 2. The van der Waals surface area contributed by atoms with E-state index >= 15 is 0 Å². The summed E-state index contributed by atoms with van der Waals surface area (Å²) in [4.78, 5) is 24.2. The van der Waals surface area contributed by atoms with Crippen molar-refractivity contribution in [2.45, 2.75) is 25.3 Å². The van der Waals surface area contributed by atoms with E-state index in [1.807, 2.05) is 12.1 Å². The van der Waals surface area contributed by atoms with Crippen LogP contribution in [0.4, 0.5) is 0 Å². The number of aryl methyl sites for hydroxylation is 1. The molecule has 0 saturated heterocycles. The predicted octanol–water partition coefficient (Wildman–Crippen LogP) is 3.26. The largest absolute Gasteiger partial charge is 0.348 e. The number of carbonyl (C=O) groups excluding carboxylic acids is 2. The van der Waals surface area contributed by atoms with Crippen LogP contribution in [0.1, 0.15) is 40.4 Å². The first-order valence-electron chi connectivity index (χ1n) is 8.04. The number of benzene rings is 2.